The van der Waals surface area contributed by atoms with Crippen LogP contribution in [0.5, 0.6) is 0 Å². The van der Waals surface area contributed by atoms with E-state index < -0.39 is 17.6 Å². The van der Waals surface area contributed by atoms with E-state index in [1.807, 2.05) is 45.0 Å². The molecule has 23 heavy (non-hydrogen) atoms. The van der Waals surface area contributed by atoms with Crippen molar-refractivity contribution < 1.29 is 19.4 Å². The van der Waals surface area contributed by atoms with Crippen LogP contribution in [0.2, 0.25) is 0 Å². The number of hydrogen-bond acceptors (Lipinski definition) is 4. The zero-order chi connectivity index (χ0) is 17.6. The number of carboxylic acids is 1. The van der Waals surface area contributed by atoms with Crippen LogP contribution in [-0.4, -0.2) is 40.8 Å². The molecule has 0 bridgehead atoms. The average Bonchev–Trinajstić information content (AvgIpc) is 2.43. The lowest BCUT2D eigenvalue weighted by Crippen LogP contribution is -2.35. The van der Waals surface area contributed by atoms with E-state index in [4.69, 9.17) is 9.84 Å². The van der Waals surface area contributed by atoms with Crippen molar-refractivity contribution in [3.05, 3.63) is 35.4 Å². The van der Waals surface area contributed by atoms with Gasteiger partial charge in [-0.2, -0.15) is 0 Å². The number of carbonyl (C=O) groups is 2. The Hall–Kier alpha value is -2.08. The van der Waals surface area contributed by atoms with E-state index in [0.717, 1.165) is 11.1 Å². The molecule has 0 saturated carbocycles. The maximum Gasteiger partial charge on any atom is 0.410 e. The van der Waals surface area contributed by atoms with E-state index in [1.165, 1.54) is 4.90 Å². The van der Waals surface area contributed by atoms with Gasteiger partial charge < -0.3 is 20.1 Å². The second-order valence-corrected chi connectivity index (χ2v) is 6.55. The molecule has 0 aromatic heterocycles. The van der Waals surface area contributed by atoms with Gasteiger partial charge >= 0.3 is 12.1 Å². The summed E-state index contributed by atoms with van der Waals surface area (Å²) in [4.78, 5) is 24.4. The lowest BCUT2D eigenvalue weighted by Gasteiger charge is -2.25. The quantitative estimate of drug-likeness (QED) is 0.841. The first-order chi connectivity index (χ1) is 10.6. The number of nitrogens with zero attached hydrogens (tertiary/aromatic N) is 1. The topological polar surface area (TPSA) is 78.9 Å². The summed E-state index contributed by atoms with van der Waals surface area (Å²) in [5, 5.41) is 11.9. The number of hydrogen-bond donors (Lipinski definition) is 2. The summed E-state index contributed by atoms with van der Waals surface area (Å²) in [5.74, 6) is -0.895. The van der Waals surface area contributed by atoms with E-state index in [2.05, 4.69) is 5.32 Å². The molecule has 6 heteroatoms. The van der Waals surface area contributed by atoms with Crippen LogP contribution >= 0.6 is 0 Å². The fourth-order valence-electron chi connectivity index (χ4n) is 1.89. The number of ether oxygens (including phenoxy) is 1. The van der Waals surface area contributed by atoms with Gasteiger partial charge in [0, 0.05) is 20.1 Å². The van der Waals surface area contributed by atoms with Crippen LogP contribution in [0.1, 0.15) is 38.8 Å². The SMILES string of the molecule is C[C@@H](NCc1ccccc1CN(C)C(=O)OC(C)(C)C)C(=O)O. The van der Waals surface area contributed by atoms with Gasteiger partial charge in [0.1, 0.15) is 11.6 Å². The van der Waals surface area contributed by atoms with Crippen molar-refractivity contribution in [3.8, 4) is 0 Å². The summed E-state index contributed by atoms with van der Waals surface area (Å²) in [6.45, 7) is 7.88. The maximum atomic E-state index is 12.0. The molecule has 2 N–H and O–H groups in total. The Morgan fingerprint density at radius 3 is 2.35 bits per heavy atom. The van der Waals surface area contributed by atoms with Gasteiger partial charge in [-0.25, -0.2) is 4.79 Å². The molecule has 0 spiro atoms. The van der Waals surface area contributed by atoms with Gasteiger partial charge in [-0.05, 0) is 38.8 Å². The molecule has 1 amide bonds. The molecule has 128 valence electrons. The number of nitrogens with one attached hydrogen (secondary N) is 1. The van der Waals surface area contributed by atoms with Crippen molar-refractivity contribution in [2.45, 2.75) is 52.4 Å². The highest BCUT2D eigenvalue weighted by molar-refractivity contribution is 5.72. The molecular weight excluding hydrogens is 296 g/mol. The lowest BCUT2D eigenvalue weighted by atomic mass is 10.1. The molecule has 0 unspecified atom stereocenters. The number of aliphatic carboxylic acids is 1. The summed E-state index contributed by atoms with van der Waals surface area (Å²) in [6.07, 6.45) is -0.390. The van der Waals surface area contributed by atoms with Crippen LogP contribution in [0.15, 0.2) is 24.3 Å². The number of amides is 1. The molecule has 0 aliphatic rings. The van der Waals surface area contributed by atoms with Crippen LogP contribution in [-0.2, 0) is 22.6 Å². The molecule has 0 fully saturated rings. The summed E-state index contributed by atoms with van der Waals surface area (Å²) >= 11 is 0. The molecular formula is C17H26N2O4. The van der Waals surface area contributed by atoms with Crippen LogP contribution in [0, 0.1) is 0 Å². The Morgan fingerprint density at radius 1 is 1.26 bits per heavy atom. The zero-order valence-corrected chi connectivity index (χ0v) is 14.4. The Kier molecular flexibility index (Phi) is 6.57. The van der Waals surface area contributed by atoms with Crippen molar-refractivity contribution in [1.29, 1.82) is 0 Å². The number of carbonyl (C=O) groups excluding carboxylic acids is 1. The third kappa shape index (κ3) is 6.69. The summed E-state index contributed by atoms with van der Waals surface area (Å²) in [5.41, 5.74) is 1.37. The number of benzene rings is 1. The molecule has 0 radical (unpaired) electrons. The van der Waals surface area contributed by atoms with Gasteiger partial charge in [-0.3, -0.25) is 4.79 Å². The fraction of sp³-hybridized carbons (Fsp3) is 0.529. The Bertz CT molecular complexity index is 552. The third-order valence-corrected chi connectivity index (χ3v) is 3.20. The maximum absolute atomic E-state index is 12.0. The second kappa shape index (κ2) is 7.97. The van der Waals surface area contributed by atoms with Crippen LogP contribution in [0.4, 0.5) is 4.79 Å². The first-order valence-corrected chi connectivity index (χ1v) is 7.57. The molecule has 1 rings (SSSR count). The zero-order valence-electron chi connectivity index (χ0n) is 14.4. The highest BCUT2D eigenvalue weighted by Crippen LogP contribution is 2.14. The molecule has 0 heterocycles. The Morgan fingerprint density at radius 2 is 1.83 bits per heavy atom. The smallest absolute Gasteiger partial charge is 0.410 e. The van der Waals surface area contributed by atoms with Gasteiger partial charge in [-0.15, -0.1) is 0 Å². The predicted octanol–water partition coefficient (Wildman–Crippen LogP) is 2.62. The predicted molar refractivity (Wildman–Crippen MR) is 88.1 cm³/mol. The lowest BCUT2D eigenvalue weighted by molar-refractivity contribution is -0.139. The van der Waals surface area contributed by atoms with Crippen molar-refractivity contribution in [2.75, 3.05) is 7.05 Å². The second-order valence-electron chi connectivity index (χ2n) is 6.55. The van der Waals surface area contributed by atoms with Crippen LogP contribution in [0.3, 0.4) is 0 Å². The monoisotopic (exact) mass is 322 g/mol. The fourth-order valence-corrected chi connectivity index (χ4v) is 1.89. The molecule has 1 atom stereocenters. The normalized spacial score (nSPS) is 12.6. The minimum Gasteiger partial charge on any atom is -0.480 e. The average molecular weight is 322 g/mol. The summed E-state index contributed by atoms with van der Waals surface area (Å²) in [7, 11) is 1.68. The molecule has 0 aliphatic heterocycles. The number of rotatable bonds is 6. The molecule has 1 aromatic rings. The van der Waals surface area contributed by atoms with Gasteiger partial charge in [0.25, 0.3) is 0 Å². The van der Waals surface area contributed by atoms with Gasteiger partial charge in [0.05, 0.1) is 0 Å². The summed E-state index contributed by atoms with van der Waals surface area (Å²) in [6, 6.07) is 6.98. The first-order valence-electron chi connectivity index (χ1n) is 7.57. The third-order valence-electron chi connectivity index (χ3n) is 3.20. The van der Waals surface area contributed by atoms with E-state index >= 15 is 0 Å². The van der Waals surface area contributed by atoms with E-state index in [9.17, 15) is 9.59 Å². The minimum atomic E-state index is -0.895. The Labute approximate surface area is 137 Å². The first kappa shape index (κ1) is 19.0. The molecule has 0 saturated heterocycles. The van der Waals surface area contributed by atoms with Gasteiger partial charge in [0.15, 0.2) is 0 Å². The molecule has 1 aromatic carbocycles. The van der Waals surface area contributed by atoms with Gasteiger partial charge in [0.2, 0.25) is 0 Å². The van der Waals surface area contributed by atoms with Crippen LogP contribution in [0.25, 0.3) is 0 Å². The van der Waals surface area contributed by atoms with Crippen molar-refractivity contribution >= 4 is 12.1 Å². The molecule has 0 aliphatic carbocycles. The van der Waals surface area contributed by atoms with Crippen molar-refractivity contribution in [3.63, 3.8) is 0 Å². The van der Waals surface area contributed by atoms with Gasteiger partial charge in [-0.1, -0.05) is 24.3 Å². The van der Waals surface area contributed by atoms with Crippen LogP contribution < -0.4 is 5.32 Å². The Balaban J connectivity index is 2.73. The van der Waals surface area contributed by atoms with E-state index in [0.29, 0.717) is 13.1 Å². The van der Waals surface area contributed by atoms with Crippen molar-refractivity contribution in [1.82, 2.24) is 10.2 Å². The summed E-state index contributed by atoms with van der Waals surface area (Å²) < 4.78 is 5.33. The van der Waals surface area contributed by atoms with E-state index in [-0.39, 0.29) is 6.09 Å². The van der Waals surface area contributed by atoms with Crippen molar-refractivity contribution in [2.24, 2.45) is 0 Å². The highest BCUT2D eigenvalue weighted by Gasteiger charge is 2.20. The minimum absolute atomic E-state index is 0.390. The van der Waals surface area contributed by atoms with E-state index in [1.54, 1.807) is 14.0 Å². The standard InChI is InChI=1S/C17H26N2O4/c1-12(15(20)21)18-10-13-8-6-7-9-14(13)11-19(5)16(22)23-17(2,3)4/h6-9,12,18H,10-11H2,1-5H3,(H,20,21)/t12-/m1/s1. The largest absolute Gasteiger partial charge is 0.480 e. The molecule has 6 nitrogen and oxygen atoms in total. The highest BCUT2D eigenvalue weighted by atomic mass is 16.6. The number of carboxylic acid groups (broad SMARTS) is 1.